The van der Waals surface area contributed by atoms with Crippen LogP contribution in [0.2, 0.25) is 0 Å². The molecule has 2 aromatic rings. The molecule has 1 aromatic carbocycles. The minimum absolute atomic E-state index is 0.624. The van der Waals surface area contributed by atoms with Crippen molar-refractivity contribution in [2.75, 3.05) is 0 Å². The molecule has 0 aliphatic carbocycles. The molecule has 21 heavy (non-hydrogen) atoms. The highest BCUT2D eigenvalue weighted by Gasteiger charge is 2.23. The number of aryl methyl sites for hydroxylation is 1. The van der Waals surface area contributed by atoms with Gasteiger partial charge in [0.2, 0.25) is 0 Å². The van der Waals surface area contributed by atoms with E-state index in [0.717, 1.165) is 17.8 Å². The number of fused-ring (bicyclic) bond motifs is 1. The number of rotatable bonds is 3. The monoisotopic (exact) mass is 283 g/mol. The summed E-state index contributed by atoms with van der Waals surface area (Å²) in [4.78, 5) is 4.56. The van der Waals surface area contributed by atoms with E-state index in [1.54, 1.807) is 0 Å². The van der Waals surface area contributed by atoms with Crippen molar-refractivity contribution in [1.82, 2.24) is 15.4 Å². The van der Waals surface area contributed by atoms with Crippen molar-refractivity contribution in [2.45, 2.75) is 58.7 Å². The maximum atomic E-state index is 4.56. The molecule has 1 N–H and O–H groups in total. The smallest absolute Gasteiger partial charge is 0.0705 e. The van der Waals surface area contributed by atoms with Crippen molar-refractivity contribution < 1.29 is 0 Å². The Kier molecular flexibility index (Phi) is 4.22. The molecule has 0 bridgehead atoms. The number of pyridine rings is 1. The lowest BCUT2D eigenvalue weighted by atomic mass is 10.00. The predicted octanol–water partition coefficient (Wildman–Crippen LogP) is 3.81. The highest BCUT2D eigenvalue weighted by Crippen LogP contribution is 2.21. The standard InChI is InChI=1S/C18H25N3/c1-13-7-9-17-11-16(8-10-18(17)20-13)12-19-21-14(2)5-4-6-15(21)3/h7-11,14-15,19H,4-6,12H2,1-3H3. The highest BCUT2D eigenvalue weighted by atomic mass is 15.5. The van der Waals surface area contributed by atoms with Gasteiger partial charge in [-0.05, 0) is 57.4 Å². The number of hydrazine groups is 1. The van der Waals surface area contributed by atoms with E-state index in [9.17, 15) is 0 Å². The number of aromatic nitrogens is 1. The fourth-order valence-corrected chi connectivity index (χ4v) is 3.30. The molecule has 2 atom stereocenters. The van der Waals surface area contributed by atoms with Gasteiger partial charge in [-0.1, -0.05) is 18.6 Å². The topological polar surface area (TPSA) is 28.2 Å². The first-order chi connectivity index (χ1) is 10.1. The maximum Gasteiger partial charge on any atom is 0.0705 e. The van der Waals surface area contributed by atoms with Gasteiger partial charge in [0, 0.05) is 29.7 Å². The molecule has 112 valence electrons. The van der Waals surface area contributed by atoms with Gasteiger partial charge >= 0.3 is 0 Å². The third kappa shape index (κ3) is 3.25. The molecular formula is C18H25N3. The van der Waals surface area contributed by atoms with Crippen LogP contribution in [0.15, 0.2) is 30.3 Å². The van der Waals surface area contributed by atoms with Gasteiger partial charge in [-0.15, -0.1) is 0 Å². The van der Waals surface area contributed by atoms with Crippen molar-refractivity contribution in [1.29, 1.82) is 0 Å². The van der Waals surface area contributed by atoms with Crippen LogP contribution in [-0.2, 0) is 6.54 Å². The van der Waals surface area contributed by atoms with E-state index in [-0.39, 0.29) is 0 Å². The van der Waals surface area contributed by atoms with E-state index < -0.39 is 0 Å². The molecule has 1 aromatic heterocycles. The number of nitrogens with zero attached hydrogens (tertiary/aromatic N) is 2. The van der Waals surface area contributed by atoms with Crippen LogP contribution in [0.1, 0.15) is 44.4 Å². The Morgan fingerprint density at radius 1 is 1.14 bits per heavy atom. The highest BCUT2D eigenvalue weighted by molar-refractivity contribution is 5.79. The van der Waals surface area contributed by atoms with Crippen LogP contribution >= 0.6 is 0 Å². The lowest BCUT2D eigenvalue weighted by Gasteiger charge is -2.39. The van der Waals surface area contributed by atoms with Gasteiger partial charge in [0.1, 0.15) is 0 Å². The molecule has 2 heterocycles. The minimum Gasteiger partial charge on any atom is -0.253 e. The summed E-state index contributed by atoms with van der Waals surface area (Å²) in [6, 6.07) is 12.0. The van der Waals surface area contributed by atoms with Crippen molar-refractivity contribution in [3.05, 3.63) is 41.6 Å². The van der Waals surface area contributed by atoms with E-state index in [0.29, 0.717) is 12.1 Å². The van der Waals surface area contributed by atoms with Gasteiger partial charge in [-0.2, -0.15) is 0 Å². The molecule has 3 heteroatoms. The fraction of sp³-hybridized carbons (Fsp3) is 0.500. The van der Waals surface area contributed by atoms with Crippen molar-refractivity contribution in [3.63, 3.8) is 0 Å². The summed E-state index contributed by atoms with van der Waals surface area (Å²) < 4.78 is 0. The zero-order valence-corrected chi connectivity index (χ0v) is 13.3. The molecule has 1 fully saturated rings. The SMILES string of the molecule is Cc1ccc2cc(CNN3C(C)CCCC3C)ccc2n1. The average Bonchev–Trinajstić information content (AvgIpc) is 2.47. The molecule has 0 amide bonds. The molecule has 0 radical (unpaired) electrons. The van der Waals surface area contributed by atoms with Crippen LogP contribution in [0.5, 0.6) is 0 Å². The van der Waals surface area contributed by atoms with Gasteiger partial charge < -0.3 is 0 Å². The first-order valence-electron chi connectivity index (χ1n) is 8.01. The fourth-order valence-electron chi connectivity index (χ4n) is 3.30. The van der Waals surface area contributed by atoms with Gasteiger partial charge in [0.25, 0.3) is 0 Å². The molecule has 1 aliphatic rings. The van der Waals surface area contributed by atoms with E-state index in [4.69, 9.17) is 0 Å². The summed E-state index contributed by atoms with van der Waals surface area (Å²) in [5, 5.41) is 3.65. The molecule has 3 nitrogen and oxygen atoms in total. The average molecular weight is 283 g/mol. The molecule has 3 rings (SSSR count). The number of nitrogens with one attached hydrogen (secondary N) is 1. The summed E-state index contributed by atoms with van der Waals surface area (Å²) in [7, 11) is 0. The molecule has 1 aliphatic heterocycles. The minimum atomic E-state index is 0.624. The summed E-state index contributed by atoms with van der Waals surface area (Å²) in [5.74, 6) is 0. The Morgan fingerprint density at radius 3 is 2.67 bits per heavy atom. The van der Waals surface area contributed by atoms with Crippen LogP contribution in [0.4, 0.5) is 0 Å². The molecular weight excluding hydrogens is 258 g/mol. The third-order valence-electron chi connectivity index (χ3n) is 4.55. The first kappa shape index (κ1) is 14.5. The second-order valence-corrected chi connectivity index (χ2v) is 6.35. The molecule has 0 saturated carbocycles. The Hall–Kier alpha value is -1.45. The van der Waals surface area contributed by atoms with Crippen molar-refractivity contribution >= 4 is 10.9 Å². The summed E-state index contributed by atoms with van der Waals surface area (Å²) in [6.07, 6.45) is 3.93. The summed E-state index contributed by atoms with van der Waals surface area (Å²) in [6.45, 7) is 7.55. The van der Waals surface area contributed by atoms with Gasteiger partial charge in [0.15, 0.2) is 0 Å². The number of benzene rings is 1. The maximum absolute atomic E-state index is 4.56. The summed E-state index contributed by atoms with van der Waals surface area (Å²) in [5.41, 5.74) is 7.10. The summed E-state index contributed by atoms with van der Waals surface area (Å²) >= 11 is 0. The van der Waals surface area contributed by atoms with Gasteiger partial charge in [-0.3, -0.25) is 10.4 Å². The van der Waals surface area contributed by atoms with E-state index in [1.807, 2.05) is 6.92 Å². The van der Waals surface area contributed by atoms with Crippen LogP contribution in [0.25, 0.3) is 10.9 Å². The largest absolute Gasteiger partial charge is 0.253 e. The molecule has 1 saturated heterocycles. The molecule has 2 unspecified atom stereocenters. The Bertz CT molecular complexity index is 613. The number of piperidine rings is 1. The Balaban J connectivity index is 1.71. The normalized spacial score (nSPS) is 23.6. The number of hydrogen-bond acceptors (Lipinski definition) is 3. The third-order valence-corrected chi connectivity index (χ3v) is 4.55. The predicted molar refractivity (Wildman–Crippen MR) is 87.9 cm³/mol. The van der Waals surface area contributed by atoms with Crippen LogP contribution in [0.3, 0.4) is 0 Å². The molecule has 0 spiro atoms. The van der Waals surface area contributed by atoms with E-state index in [1.165, 1.54) is 30.2 Å². The lowest BCUT2D eigenvalue weighted by molar-refractivity contribution is 0.0436. The Morgan fingerprint density at radius 2 is 1.90 bits per heavy atom. The second-order valence-electron chi connectivity index (χ2n) is 6.35. The number of hydrogen-bond donors (Lipinski definition) is 1. The van der Waals surface area contributed by atoms with Crippen LogP contribution in [-0.4, -0.2) is 22.1 Å². The van der Waals surface area contributed by atoms with Gasteiger partial charge in [-0.25, -0.2) is 5.01 Å². The Labute approximate surface area is 127 Å². The van der Waals surface area contributed by atoms with Crippen molar-refractivity contribution in [3.8, 4) is 0 Å². The second kappa shape index (κ2) is 6.12. The van der Waals surface area contributed by atoms with Crippen LogP contribution in [0, 0.1) is 6.92 Å². The zero-order valence-electron chi connectivity index (χ0n) is 13.3. The lowest BCUT2D eigenvalue weighted by Crippen LogP contribution is -2.51. The van der Waals surface area contributed by atoms with Crippen molar-refractivity contribution in [2.24, 2.45) is 0 Å². The first-order valence-corrected chi connectivity index (χ1v) is 8.01. The van der Waals surface area contributed by atoms with Gasteiger partial charge in [0.05, 0.1) is 5.52 Å². The van der Waals surface area contributed by atoms with Crippen LogP contribution < -0.4 is 5.43 Å². The van der Waals surface area contributed by atoms with E-state index >= 15 is 0 Å². The quantitative estimate of drug-likeness (QED) is 0.928. The zero-order chi connectivity index (χ0) is 14.8. The van der Waals surface area contributed by atoms with E-state index in [2.05, 4.69) is 59.6 Å².